The van der Waals surface area contributed by atoms with Crippen LogP contribution in [0.5, 0.6) is 0 Å². The van der Waals surface area contributed by atoms with E-state index in [-0.39, 0.29) is 0 Å². The van der Waals surface area contributed by atoms with Crippen molar-refractivity contribution in [1.82, 2.24) is 10.3 Å². The molecule has 0 radical (unpaired) electrons. The van der Waals surface area contributed by atoms with Gasteiger partial charge >= 0.3 is 6.03 Å². The predicted octanol–water partition coefficient (Wildman–Crippen LogP) is -0.0444. The van der Waals surface area contributed by atoms with E-state index in [2.05, 4.69) is 15.3 Å². The molecule has 0 aromatic heterocycles. The first-order valence-corrected chi connectivity index (χ1v) is 3.06. The maximum absolute atomic E-state index is 10.7. The molecule has 64 valence electrons. The van der Waals surface area contributed by atoms with Crippen molar-refractivity contribution in [2.24, 2.45) is 5.29 Å². The molecule has 0 saturated heterocycles. The van der Waals surface area contributed by atoms with Crippen molar-refractivity contribution in [3.05, 3.63) is 4.91 Å². The average molecular weight is 161 g/mol. The molecular weight excluding hydrogens is 150 g/mol. The zero-order valence-corrected chi connectivity index (χ0v) is 6.53. The highest BCUT2D eigenvalue weighted by molar-refractivity contribution is 5.73. The Morgan fingerprint density at radius 2 is 2.36 bits per heavy atom. The minimum absolute atomic E-state index is 0.370. The Kier molecular flexibility index (Phi) is 5.01. The van der Waals surface area contributed by atoms with Gasteiger partial charge in [0.05, 0.1) is 11.9 Å². The molecule has 0 aliphatic rings. The molecule has 11 heavy (non-hydrogen) atoms. The molecule has 0 aromatic rings. The number of methoxy groups -OCH3 is 1. The molecule has 0 unspecified atom stereocenters. The minimum atomic E-state index is -0.531. The third kappa shape index (κ3) is 4.26. The van der Waals surface area contributed by atoms with E-state index in [1.807, 2.05) is 0 Å². The summed E-state index contributed by atoms with van der Waals surface area (Å²) in [6.45, 7) is 0.785. The molecule has 0 fully saturated rings. The first-order valence-electron chi connectivity index (χ1n) is 3.06. The SMILES string of the molecule is COCCNC(=O)N(C)N=O. The van der Waals surface area contributed by atoms with Crippen molar-refractivity contribution in [1.29, 1.82) is 0 Å². The number of nitrogens with zero attached hydrogens (tertiary/aromatic N) is 2. The molecule has 0 saturated carbocycles. The van der Waals surface area contributed by atoms with E-state index in [1.165, 1.54) is 14.2 Å². The molecule has 0 heterocycles. The fraction of sp³-hybridized carbons (Fsp3) is 0.800. The van der Waals surface area contributed by atoms with Gasteiger partial charge in [0.25, 0.3) is 0 Å². The molecule has 0 spiro atoms. The van der Waals surface area contributed by atoms with Crippen molar-refractivity contribution in [3.63, 3.8) is 0 Å². The van der Waals surface area contributed by atoms with Gasteiger partial charge in [-0.2, -0.15) is 5.01 Å². The Balaban J connectivity index is 3.44. The molecular formula is C5H11N3O3. The van der Waals surface area contributed by atoms with Crippen LogP contribution in [0.25, 0.3) is 0 Å². The zero-order valence-electron chi connectivity index (χ0n) is 6.53. The lowest BCUT2D eigenvalue weighted by molar-refractivity contribution is 0.185. The molecule has 0 aliphatic heterocycles. The van der Waals surface area contributed by atoms with Crippen LogP contribution in [0.4, 0.5) is 4.79 Å². The summed E-state index contributed by atoms with van der Waals surface area (Å²) in [5, 5.41) is 5.48. The van der Waals surface area contributed by atoms with Crippen LogP contribution in [-0.2, 0) is 4.74 Å². The summed E-state index contributed by atoms with van der Waals surface area (Å²) in [6.07, 6.45) is 0. The highest BCUT2D eigenvalue weighted by Gasteiger charge is 2.05. The van der Waals surface area contributed by atoms with E-state index < -0.39 is 6.03 Å². The van der Waals surface area contributed by atoms with E-state index in [1.54, 1.807) is 0 Å². The highest BCUT2D eigenvalue weighted by Crippen LogP contribution is 1.82. The summed E-state index contributed by atoms with van der Waals surface area (Å²) in [7, 11) is 2.79. The van der Waals surface area contributed by atoms with E-state index in [4.69, 9.17) is 0 Å². The van der Waals surface area contributed by atoms with Crippen molar-refractivity contribution < 1.29 is 9.53 Å². The van der Waals surface area contributed by atoms with Crippen molar-refractivity contribution >= 4 is 6.03 Å². The standard InChI is InChI=1S/C5H11N3O3/c1-8(7-10)5(9)6-3-4-11-2/h3-4H2,1-2H3,(H,6,9). The van der Waals surface area contributed by atoms with Crippen LogP contribution >= 0.6 is 0 Å². The lowest BCUT2D eigenvalue weighted by Gasteiger charge is -2.07. The molecule has 0 rings (SSSR count). The number of rotatable bonds is 4. The first kappa shape index (κ1) is 9.83. The minimum Gasteiger partial charge on any atom is -0.383 e. The van der Waals surface area contributed by atoms with Crippen LogP contribution in [0.1, 0.15) is 0 Å². The lowest BCUT2D eigenvalue weighted by atomic mass is 10.7. The summed E-state index contributed by atoms with van der Waals surface area (Å²) in [5.74, 6) is 0. The maximum atomic E-state index is 10.7. The Morgan fingerprint density at radius 3 is 2.82 bits per heavy atom. The second-order valence-electron chi connectivity index (χ2n) is 1.83. The first-order chi connectivity index (χ1) is 5.22. The molecule has 0 aliphatic carbocycles. The van der Waals surface area contributed by atoms with Gasteiger partial charge in [0.1, 0.15) is 0 Å². The molecule has 6 heteroatoms. The van der Waals surface area contributed by atoms with Crippen LogP contribution in [0, 0.1) is 4.91 Å². The predicted molar refractivity (Wildman–Crippen MR) is 38.8 cm³/mol. The van der Waals surface area contributed by atoms with Crippen molar-refractivity contribution in [3.8, 4) is 0 Å². The summed E-state index contributed by atoms with van der Waals surface area (Å²) < 4.78 is 4.66. The quantitative estimate of drug-likeness (QED) is 0.357. The number of amides is 2. The van der Waals surface area contributed by atoms with Gasteiger partial charge in [0.15, 0.2) is 0 Å². The average Bonchev–Trinajstić information content (AvgIpc) is 2.03. The molecule has 2 amide bonds. The zero-order chi connectivity index (χ0) is 8.69. The highest BCUT2D eigenvalue weighted by atomic mass is 16.5. The van der Waals surface area contributed by atoms with Crippen LogP contribution in [0.15, 0.2) is 5.29 Å². The number of carbonyl (C=O) groups is 1. The molecule has 0 aromatic carbocycles. The third-order valence-electron chi connectivity index (χ3n) is 0.999. The van der Waals surface area contributed by atoms with E-state index in [0.29, 0.717) is 18.2 Å². The summed E-state index contributed by atoms with van der Waals surface area (Å²) in [6, 6.07) is -0.531. The van der Waals surface area contributed by atoms with Crippen LogP contribution in [0.2, 0.25) is 0 Å². The van der Waals surface area contributed by atoms with Gasteiger partial charge in [-0.15, -0.1) is 4.91 Å². The van der Waals surface area contributed by atoms with Gasteiger partial charge in [-0.1, -0.05) is 0 Å². The molecule has 6 nitrogen and oxygen atoms in total. The lowest BCUT2D eigenvalue weighted by Crippen LogP contribution is -2.35. The largest absolute Gasteiger partial charge is 0.383 e. The molecule has 0 bridgehead atoms. The maximum Gasteiger partial charge on any atom is 0.340 e. The van der Waals surface area contributed by atoms with Gasteiger partial charge in [0, 0.05) is 20.7 Å². The smallest absolute Gasteiger partial charge is 0.340 e. The molecule has 0 atom stereocenters. The monoisotopic (exact) mass is 161 g/mol. The number of ether oxygens (including phenoxy) is 1. The number of hydrogen-bond acceptors (Lipinski definition) is 4. The van der Waals surface area contributed by atoms with E-state index in [0.717, 1.165) is 0 Å². The van der Waals surface area contributed by atoms with Crippen LogP contribution < -0.4 is 5.32 Å². The Labute approximate surface area is 64.4 Å². The van der Waals surface area contributed by atoms with Gasteiger partial charge < -0.3 is 10.1 Å². The second kappa shape index (κ2) is 5.60. The van der Waals surface area contributed by atoms with Gasteiger partial charge in [-0.05, 0) is 0 Å². The second-order valence-corrected chi connectivity index (χ2v) is 1.83. The Bertz CT molecular complexity index is 139. The fourth-order valence-electron chi connectivity index (χ4n) is 0.412. The normalized spacial score (nSPS) is 8.91. The summed E-state index contributed by atoms with van der Waals surface area (Å²) in [4.78, 5) is 20.5. The molecule has 1 N–H and O–H groups in total. The number of carbonyl (C=O) groups excluding carboxylic acids is 1. The fourth-order valence-corrected chi connectivity index (χ4v) is 0.412. The van der Waals surface area contributed by atoms with Crippen LogP contribution in [-0.4, -0.2) is 38.3 Å². The summed E-state index contributed by atoms with van der Waals surface area (Å²) >= 11 is 0. The van der Waals surface area contributed by atoms with Crippen molar-refractivity contribution in [2.45, 2.75) is 0 Å². The van der Waals surface area contributed by atoms with Gasteiger partial charge in [-0.3, -0.25) is 0 Å². The Morgan fingerprint density at radius 1 is 1.73 bits per heavy atom. The van der Waals surface area contributed by atoms with Crippen molar-refractivity contribution in [2.75, 3.05) is 27.3 Å². The van der Waals surface area contributed by atoms with E-state index in [9.17, 15) is 9.70 Å². The van der Waals surface area contributed by atoms with Gasteiger partial charge in [0.2, 0.25) is 0 Å². The number of nitroso groups, excluding NO2 is 1. The number of urea groups is 1. The van der Waals surface area contributed by atoms with Gasteiger partial charge in [-0.25, -0.2) is 4.79 Å². The number of hydrogen-bond donors (Lipinski definition) is 1. The van der Waals surface area contributed by atoms with Crippen LogP contribution in [0.3, 0.4) is 0 Å². The summed E-state index contributed by atoms with van der Waals surface area (Å²) in [5.41, 5.74) is 0. The Hall–Kier alpha value is -1.17. The number of nitrogens with one attached hydrogen (secondary N) is 1. The van der Waals surface area contributed by atoms with E-state index >= 15 is 0 Å². The third-order valence-corrected chi connectivity index (χ3v) is 0.999. The topological polar surface area (TPSA) is 71.0 Å².